The molecule has 0 fully saturated rings. The van der Waals surface area contributed by atoms with Gasteiger partial charge in [0, 0.05) is 11.1 Å². The molecule has 0 saturated heterocycles. The molecule has 0 saturated carbocycles. The topological polar surface area (TPSA) is 36.8 Å². The highest BCUT2D eigenvalue weighted by Gasteiger charge is 2.19. The van der Waals surface area contributed by atoms with Gasteiger partial charge < -0.3 is 0 Å². The quantitative estimate of drug-likeness (QED) is 0.648. The Labute approximate surface area is 158 Å². The lowest BCUT2D eigenvalue weighted by Gasteiger charge is -2.11. The van der Waals surface area contributed by atoms with Gasteiger partial charge >= 0.3 is 0 Å². The van der Waals surface area contributed by atoms with E-state index in [2.05, 4.69) is 86.2 Å². The van der Waals surface area contributed by atoms with Crippen LogP contribution in [0.15, 0.2) is 70.1 Å². The van der Waals surface area contributed by atoms with E-state index in [-0.39, 0.29) is 0 Å². The van der Waals surface area contributed by atoms with Crippen LogP contribution in [-0.2, 0) is 0 Å². The van der Waals surface area contributed by atoms with Gasteiger partial charge in [-0.05, 0) is 42.0 Å². The van der Waals surface area contributed by atoms with Crippen molar-refractivity contribution in [2.45, 2.75) is 26.7 Å². The maximum Gasteiger partial charge on any atom is 0.154 e. The first-order valence-corrected chi connectivity index (χ1v) is 9.67. The van der Waals surface area contributed by atoms with Gasteiger partial charge in [0.1, 0.15) is 5.71 Å². The largest absolute Gasteiger partial charge is 0.260 e. The average molecular weight is 359 g/mol. The molecule has 0 radical (unpaired) electrons. The standard InChI is InChI=1S/C22H21N3S/c1-14(2)17-10-11-19-18(13-17)21(20-5-4-12-26-20)24-25-22(23-19)16-8-6-15(3)7-9-16/h4-14H,1-3H3,(H,23,25). The molecule has 2 aromatic carbocycles. The molecule has 4 rings (SSSR count). The fourth-order valence-electron chi connectivity index (χ4n) is 2.96. The highest BCUT2D eigenvalue weighted by molar-refractivity contribution is 7.12. The minimum absolute atomic E-state index is 0.460. The summed E-state index contributed by atoms with van der Waals surface area (Å²) in [5.41, 5.74) is 9.72. The number of hydrogen-bond donors (Lipinski definition) is 1. The van der Waals surface area contributed by atoms with Crippen molar-refractivity contribution in [2.75, 3.05) is 0 Å². The molecule has 1 N–H and O–H groups in total. The Balaban J connectivity index is 1.87. The van der Waals surface area contributed by atoms with Crippen LogP contribution in [0.3, 0.4) is 0 Å². The van der Waals surface area contributed by atoms with Crippen LogP contribution in [0, 0.1) is 6.92 Å². The Morgan fingerprint density at radius 3 is 2.50 bits per heavy atom. The predicted octanol–water partition coefficient (Wildman–Crippen LogP) is 5.61. The van der Waals surface area contributed by atoms with Gasteiger partial charge in [-0.25, -0.2) is 4.99 Å². The molecule has 0 spiro atoms. The van der Waals surface area contributed by atoms with E-state index in [4.69, 9.17) is 10.1 Å². The maximum atomic E-state index is 4.90. The molecule has 0 amide bonds. The molecule has 2 heterocycles. The number of aliphatic imine (C=N–C) groups is 1. The van der Waals surface area contributed by atoms with Gasteiger partial charge in [-0.3, -0.25) is 5.43 Å². The average Bonchev–Trinajstić information content (AvgIpc) is 3.10. The molecule has 4 heteroatoms. The number of rotatable bonds is 3. The Kier molecular flexibility index (Phi) is 4.43. The summed E-state index contributed by atoms with van der Waals surface area (Å²) in [5, 5.41) is 6.81. The normalized spacial score (nSPS) is 13.5. The Morgan fingerprint density at radius 1 is 1.00 bits per heavy atom. The Hall–Kier alpha value is -2.72. The Bertz CT molecular complexity index is 981. The van der Waals surface area contributed by atoms with Crippen LogP contribution in [-0.4, -0.2) is 11.5 Å². The van der Waals surface area contributed by atoms with Crippen molar-refractivity contribution < 1.29 is 0 Å². The molecule has 3 aromatic rings. The van der Waals surface area contributed by atoms with E-state index in [0.29, 0.717) is 5.92 Å². The lowest BCUT2D eigenvalue weighted by molar-refractivity contribution is 0.866. The summed E-state index contributed by atoms with van der Waals surface area (Å²) < 4.78 is 0. The third kappa shape index (κ3) is 3.20. The number of hydrogen-bond acceptors (Lipinski definition) is 4. The summed E-state index contributed by atoms with van der Waals surface area (Å²) in [7, 11) is 0. The van der Waals surface area contributed by atoms with Crippen LogP contribution in [0.1, 0.15) is 46.9 Å². The van der Waals surface area contributed by atoms with Gasteiger partial charge in [0.2, 0.25) is 0 Å². The number of nitrogens with zero attached hydrogens (tertiary/aromatic N) is 2. The maximum absolute atomic E-state index is 4.90. The highest BCUT2D eigenvalue weighted by Crippen LogP contribution is 2.30. The van der Waals surface area contributed by atoms with E-state index in [1.807, 2.05) is 0 Å². The van der Waals surface area contributed by atoms with Gasteiger partial charge in [0.05, 0.1) is 10.6 Å². The molecule has 1 aliphatic heterocycles. The molecule has 0 bridgehead atoms. The van der Waals surface area contributed by atoms with Crippen molar-refractivity contribution in [2.24, 2.45) is 10.1 Å². The van der Waals surface area contributed by atoms with Crippen molar-refractivity contribution in [3.8, 4) is 0 Å². The van der Waals surface area contributed by atoms with Crippen LogP contribution in [0.25, 0.3) is 0 Å². The molecule has 1 aromatic heterocycles. The SMILES string of the molecule is Cc1ccc(C2=Nc3ccc(C(C)C)cc3C(c3cccs3)=NN2)cc1. The lowest BCUT2D eigenvalue weighted by atomic mass is 9.97. The summed E-state index contributed by atoms with van der Waals surface area (Å²) in [4.78, 5) is 6.03. The molecular weight excluding hydrogens is 338 g/mol. The molecule has 0 unspecified atom stereocenters. The Morgan fingerprint density at radius 2 is 1.81 bits per heavy atom. The van der Waals surface area contributed by atoms with Crippen LogP contribution >= 0.6 is 11.3 Å². The van der Waals surface area contributed by atoms with Crippen molar-refractivity contribution in [3.05, 3.63) is 87.1 Å². The first-order chi connectivity index (χ1) is 12.6. The van der Waals surface area contributed by atoms with Crippen molar-refractivity contribution in [1.82, 2.24) is 5.43 Å². The van der Waals surface area contributed by atoms with E-state index >= 15 is 0 Å². The van der Waals surface area contributed by atoms with Gasteiger partial charge in [-0.2, -0.15) is 5.10 Å². The molecule has 0 atom stereocenters. The zero-order valence-corrected chi connectivity index (χ0v) is 16.0. The third-order valence-corrected chi connectivity index (χ3v) is 5.40. The van der Waals surface area contributed by atoms with Gasteiger partial charge in [0.15, 0.2) is 5.84 Å². The number of amidine groups is 1. The highest BCUT2D eigenvalue weighted by atomic mass is 32.1. The summed E-state index contributed by atoms with van der Waals surface area (Å²) in [6, 6.07) is 19.0. The van der Waals surface area contributed by atoms with Crippen LogP contribution in [0.4, 0.5) is 5.69 Å². The molecule has 26 heavy (non-hydrogen) atoms. The predicted molar refractivity (Wildman–Crippen MR) is 111 cm³/mol. The van der Waals surface area contributed by atoms with Crippen molar-refractivity contribution in [1.29, 1.82) is 0 Å². The van der Waals surface area contributed by atoms with E-state index in [9.17, 15) is 0 Å². The number of fused-ring (bicyclic) bond motifs is 1. The summed E-state index contributed by atoms with van der Waals surface area (Å²) >= 11 is 1.69. The summed E-state index contributed by atoms with van der Waals surface area (Å²) in [6.07, 6.45) is 0. The van der Waals surface area contributed by atoms with Crippen LogP contribution in [0.5, 0.6) is 0 Å². The second kappa shape index (κ2) is 6.89. The van der Waals surface area contributed by atoms with Gasteiger partial charge in [-0.1, -0.05) is 55.8 Å². The van der Waals surface area contributed by atoms with Crippen molar-refractivity contribution >= 4 is 28.6 Å². The zero-order valence-electron chi connectivity index (χ0n) is 15.2. The number of benzene rings is 2. The minimum Gasteiger partial charge on any atom is -0.260 e. The van der Waals surface area contributed by atoms with Crippen LogP contribution < -0.4 is 5.43 Å². The van der Waals surface area contributed by atoms with Gasteiger partial charge in [0.25, 0.3) is 0 Å². The first kappa shape index (κ1) is 16.7. The third-order valence-electron chi connectivity index (χ3n) is 4.53. The summed E-state index contributed by atoms with van der Waals surface area (Å²) in [6.45, 7) is 6.50. The van der Waals surface area contributed by atoms with Crippen molar-refractivity contribution in [3.63, 3.8) is 0 Å². The molecule has 130 valence electrons. The second-order valence-corrected chi connectivity index (χ2v) is 7.75. The number of aryl methyl sites for hydroxylation is 1. The molecule has 1 aliphatic rings. The number of thiophene rings is 1. The van der Waals surface area contributed by atoms with Crippen LogP contribution in [0.2, 0.25) is 0 Å². The van der Waals surface area contributed by atoms with E-state index in [0.717, 1.165) is 33.2 Å². The molecule has 3 nitrogen and oxygen atoms in total. The second-order valence-electron chi connectivity index (χ2n) is 6.81. The van der Waals surface area contributed by atoms with Gasteiger partial charge in [-0.15, -0.1) is 11.3 Å². The molecular formula is C22H21N3S. The first-order valence-electron chi connectivity index (χ1n) is 8.79. The number of nitrogens with one attached hydrogen (secondary N) is 1. The lowest BCUT2D eigenvalue weighted by Crippen LogP contribution is -2.19. The monoisotopic (exact) mass is 359 g/mol. The van der Waals surface area contributed by atoms with E-state index < -0.39 is 0 Å². The molecule has 0 aliphatic carbocycles. The van der Waals surface area contributed by atoms with E-state index in [1.165, 1.54) is 11.1 Å². The fourth-order valence-corrected chi connectivity index (χ4v) is 3.68. The smallest absolute Gasteiger partial charge is 0.154 e. The minimum atomic E-state index is 0.460. The zero-order chi connectivity index (χ0) is 18.1. The summed E-state index contributed by atoms with van der Waals surface area (Å²) in [5.74, 6) is 1.23. The fraction of sp³-hybridized carbons (Fsp3) is 0.182. The number of hydrazone groups is 1. The van der Waals surface area contributed by atoms with E-state index in [1.54, 1.807) is 11.3 Å².